The highest BCUT2D eigenvalue weighted by Gasteiger charge is 2.08. The minimum absolute atomic E-state index is 0.937. The van der Waals surface area contributed by atoms with Crippen LogP contribution in [0.1, 0.15) is 6.92 Å². The van der Waals surface area contributed by atoms with E-state index < -0.39 is 0 Å². The Bertz CT molecular complexity index is 470. The first-order valence-electron chi connectivity index (χ1n) is 4.91. The van der Waals surface area contributed by atoms with E-state index in [1.807, 2.05) is 30.5 Å². The lowest BCUT2D eigenvalue weighted by molar-refractivity contribution is 0.409. The second-order valence-electron chi connectivity index (χ2n) is 3.11. The lowest BCUT2D eigenvalue weighted by Crippen LogP contribution is -1.90. The van der Waals surface area contributed by atoms with Crippen LogP contribution in [0, 0.1) is 0 Å². The fourth-order valence-corrected chi connectivity index (χ4v) is 2.33. The minimum atomic E-state index is 0.937. The number of nitrogens with zero attached hydrogens (tertiary/aromatic N) is 1. The molecule has 0 unspecified atom stereocenters. The van der Waals surface area contributed by atoms with Crippen molar-refractivity contribution in [3.8, 4) is 5.75 Å². The fourth-order valence-electron chi connectivity index (χ4n) is 1.57. The molecule has 0 aliphatic heterocycles. The van der Waals surface area contributed by atoms with Gasteiger partial charge in [0.25, 0.3) is 0 Å². The van der Waals surface area contributed by atoms with Crippen molar-refractivity contribution in [2.24, 2.45) is 0 Å². The van der Waals surface area contributed by atoms with E-state index in [0.717, 1.165) is 27.3 Å². The maximum absolute atomic E-state index is 5.45. The molecule has 0 spiro atoms. The quantitative estimate of drug-likeness (QED) is 0.739. The maximum Gasteiger partial charge on any atom is 0.143 e. The van der Waals surface area contributed by atoms with Crippen LogP contribution in [-0.4, -0.2) is 17.8 Å². The van der Waals surface area contributed by atoms with Crippen molar-refractivity contribution in [1.29, 1.82) is 0 Å². The second-order valence-corrected chi connectivity index (χ2v) is 4.41. The van der Waals surface area contributed by atoms with Crippen LogP contribution in [0.4, 0.5) is 0 Å². The SMILES string of the molecule is CCSc1cnc2ccccc2c1OC. The van der Waals surface area contributed by atoms with Gasteiger partial charge in [-0.3, -0.25) is 4.98 Å². The van der Waals surface area contributed by atoms with E-state index in [-0.39, 0.29) is 0 Å². The summed E-state index contributed by atoms with van der Waals surface area (Å²) in [5.74, 6) is 1.96. The van der Waals surface area contributed by atoms with Gasteiger partial charge in [-0.1, -0.05) is 19.1 Å². The molecule has 2 rings (SSSR count). The molecule has 2 nitrogen and oxygen atoms in total. The predicted molar refractivity (Wildman–Crippen MR) is 64.7 cm³/mol. The van der Waals surface area contributed by atoms with Gasteiger partial charge in [0, 0.05) is 11.6 Å². The summed E-state index contributed by atoms with van der Waals surface area (Å²) in [6.07, 6.45) is 1.88. The van der Waals surface area contributed by atoms with E-state index >= 15 is 0 Å². The van der Waals surface area contributed by atoms with Crippen LogP contribution in [0.3, 0.4) is 0 Å². The third-order valence-corrected chi connectivity index (χ3v) is 3.09. The Morgan fingerprint density at radius 2 is 2.13 bits per heavy atom. The van der Waals surface area contributed by atoms with E-state index in [1.165, 1.54) is 0 Å². The Morgan fingerprint density at radius 1 is 1.33 bits per heavy atom. The molecule has 0 saturated carbocycles. The zero-order valence-corrected chi connectivity index (χ0v) is 9.67. The molecule has 0 aliphatic rings. The van der Waals surface area contributed by atoms with Crippen molar-refractivity contribution in [3.63, 3.8) is 0 Å². The molecular formula is C12H13NOS. The lowest BCUT2D eigenvalue weighted by atomic mass is 10.2. The Labute approximate surface area is 93.7 Å². The maximum atomic E-state index is 5.45. The fraction of sp³-hybridized carbons (Fsp3) is 0.250. The first-order valence-corrected chi connectivity index (χ1v) is 5.90. The summed E-state index contributed by atoms with van der Waals surface area (Å²) >= 11 is 1.75. The molecule has 1 aromatic carbocycles. The van der Waals surface area contributed by atoms with Crippen molar-refractivity contribution in [2.45, 2.75) is 11.8 Å². The molecule has 15 heavy (non-hydrogen) atoms. The number of methoxy groups -OCH3 is 1. The Hall–Kier alpha value is -1.22. The number of thioether (sulfide) groups is 1. The van der Waals surface area contributed by atoms with E-state index in [1.54, 1.807) is 18.9 Å². The first kappa shape index (κ1) is 10.3. The summed E-state index contributed by atoms with van der Waals surface area (Å²) < 4.78 is 5.45. The van der Waals surface area contributed by atoms with Gasteiger partial charge in [0.2, 0.25) is 0 Å². The van der Waals surface area contributed by atoms with E-state index in [4.69, 9.17) is 4.74 Å². The van der Waals surface area contributed by atoms with E-state index in [2.05, 4.69) is 11.9 Å². The molecule has 78 valence electrons. The van der Waals surface area contributed by atoms with Crippen molar-refractivity contribution < 1.29 is 4.74 Å². The number of pyridine rings is 1. The minimum Gasteiger partial charge on any atom is -0.495 e. The Morgan fingerprint density at radius 3 is 2.87 bits per heavy atom. The van der Waals surface area contributed by atoms with Gasteiger partial charge in [0.1, 0.15) is 5.75 Å². The lowest BCUT2D eigenvalue weighted by Gasteiger charge is -2.09. The number of aromatic nitrogens is 1. The number of fused-ring (bicyclic) bond motifs is 1. The number of hydrogen-bond donors (Lipinski definition) is 0. The van der Waals surface area contributed by atoms with Crippen LogP contribution in [-0.2, 0) is 0 Å². The average molecular weight is 219 g/mol. The molecule has 1 aromatic heterocycles. The number of benzene rings is 1. The third-order valence-electron chi connectivity index (χ3n) is 2.20. The van der Waals surface area contributed by atoms with Crippen molar-refractivity contribution >= 4 is 22.7 Å². The monoisotopic (exact) mass is 219 g/mol. The van der Waals surface area contributed by atoms with Gasteiger partial charge in [0.05, 0.1) is 17.5 Å². The molecular weight excluding hydrogens is 206 g/mol. The second kappa shape index (κ2) is 4.53. The molecule has 1 heterocycles. The van der Waals surface area contributed by atoms with Gasteiger partial charge >= 0.3 is 0 Å². The van der Waals surface area contributed by atoms with Crippen LogP contribution in [0.2, 0.25) is 0 Å². The van der Waals surface area contributed by atoms with Crippen molar-refractivity contribution in [2.75, 3.05) is 12.9 Å². The van der Waals surface area contributed by atoms with Crippen molar-refractivity contribution in [1.82, 2.24) is 4.98 Å². The smallest absolute Gasteiger partial charge is 0.143 e. The molecule has 0 amide bonds. The molecule has 0 aliphatic carbocycles. The highest BCUT2D eigenvalue weighted by Crippen LogP contribution is 2.34. The zero-order valence-electron chi connectivity index (χ0n) is 8.86. The molecule has 0 fully saturated rings. The summed E-state index contributed by atoms with van der Waals surface area (Å²) in [6, 6.07) is 8.04. The van der Waals surface area contributed by atoms with Gasteiger partial charge in [-0.25, -0.2) is 0 Å². The van der Waals surface area contributed by atoms with Crippen LogP contribution < -0.4 is 4.74 Å². The molecule has 0 atom stereocenters. The average Bonchev–Trinajstić information content (AvgIpc) is 2.29. The summed E-state index contributed by atoms with van der Waals surface area (Å²) in [7, 11) is 1.71. The highest BCUT2D eigenvalue weighted by atomic mass is 32.2. The molecule has 3 heteroatoms. The van der Waals surface area contributed by atoms with E-state index in [9.17, 15) is 0 Å². The molecule has 2 aromatic rings. The number of hydrogen-bond acceptors (Lipinski definition) is 3. The number of rotatable bonds is 3. The van der Waals surface area contributed by atoms with Crippen LogP contribution in [0.15, 0.2) is 35.4 Å². The molecule has 0 N–H and O–H groups in total. The largest absolute Gasteiger partial charge is 0.495 e. The number of ether oxygens (including phenoxy) is 1. The van der Waals surface area contributed by atoms with Crippen molar-refractivity contribution in [3.05, 3.63) is 30.5 Å². The van der Waals surface area contributed by atoms with Gasteiger partial charge in [0.15, 0.2) is 0 Å². The van der Waals surface area contributed by atoms with Gasteiger partial charge in [-0.2, -0.15) is 0 Å². The zero-order chi connectivity index (χ0) is 10.7. The molecule has 0 saturated heterocycles. The number of para-hydroxylation sites is 1. The molecule has 0 bridgehead atoms. The van der Waals surface area contributed by atoms with Crippen LogP contribution in [0.5, 0.6) is 5.75 Å². The summed E-state index contributed by atoms with van der Waals surface area (Å²) in [5.41, 5.74) is 0.981. The van der Waals surface area contributed by atoms with Gasteiger partial charge < -0.3 is 4.74 Å². The normalized spacial score (nSPS) is 10.5. The summed E-state index contributed by atoms with van der Waals surface area (Å²) in [5, 5.41) is 1.08. The first-order chi connectivity index (χ1) is 7.36. The highest BCUT2D eigenvalue weighted by molar-refractivity contribution is 7.99. The van der Waals surface area contributed by atoms with Crippen LogP contribution in [0.25, 0.3) is 10.9 Å². The Balaban J connectivity index is 2.64. The summed E-state index contributed by atoms with van der Waals surface area (Å²) in [6.45, 7) is 2.12. The topological polar surface area (TPSA) is 22.1 Å². The third kappa shape index (κ3) is 1.92. The predicted octanol–water partition coefficient (Wildman–Crippen LogP) is 3.36. The van der Waals surface area contributed by atoms with Gasteiger partial charge in [-0.15, -0.1) is 11.8 Å². The standard InChI is InChI=1S/C12H13NOS/c1-3-15-11-8-13-10-7-5-4-6-9(10)12(11)14-2/h4-8H,3H2,1-2H3. The molecule has 0 radical (unpaired) electrons. The Kier molecular flexibility index (Phi) is 3.11. The van der Waals surface area contributed by atoms with E-state index in [0.29, 0.717) is 0 Å². The van der Waals surface area contributed by atoms with Crippen LogP contribution >= 0.6 is 11.8 Å². The van der Waals surface area contributed by atoms with Gasteiger partial charge in [-0.05, 0) is 17.9 Å². The summed E-state index contributed by atoms with van der Waals surface area (Å²) in [4.78, 5) is 5.52.